The van der Waals surface area contributed by atoms with Crippen molar-refractivity contribution in [2.24, 2.45) is 5.92 Å². The molecule has 0 radical (unpaired) electrons. The van der Waals surface area contributed by atoms with Gasteiger partial charge in [-0.15, -0.1) is 6.42 Å². The van der Waals surface area contributed by atoms with E-state index >= 15 is 0 Å². The van der Waals surface area contributed by atoms with Crippen LogP contribution >= 0.6 is 0 Å². The molecule has 0 saturated carbocycles. The van der Waals surface area contributed by atoms with Crippen molar-refractivity contribution in [1.29, 1.82) is 0 Å². The van der Waals surface area contributed by atoms with Crippen LogP contribution in [-0.4, -0.2) is 6.61 Å². The summed E-state index contributed by atoms with van der Waals surface area (Å²) in [5.74, 6) is 4.35. The third kappa shape index (κ3) is 4.63. The predicted molar refractivity (Wildman–Crippen MR) is 82.7 cm³/mol. The molecule has 0 aliphatic carbocycles. The average molecular weight is 258 g/mol. The topological polar surface area (TPSA) is 9.23 Å². The van der Waals surface area contributed by atoms with Gasteiger partial charge in [0.2, 0.25) is 0 Å². The van der Waals surface area contributed by atoms with Gasteiger partial charge in [0, 0.05) is 5.56 Å². The van der Waals surface area contributed by atoms with Crippen LogP contribution in [0.1, 0.15) is 56.2 Å². The first-order chi connectivity index (χ1) is 9.12. The first-order valence-corrected chi connectivity index (χ1v) is 7.33. The lowest BCUT2D eigenvalue weighted by atomic mass is 10.0. The van der Waals surface area contributed by atoms with E-state index in [1.54, 1.807) is 0 Å². The lowest BCUT2D eigenvalue weighted by Crippen LogP contribution is -2.11. The number of hydrogen-bond acceptors (Lipinski definition) is 1. The van der Waals surface area contributed by atoms with Crippen molar-refractivity contribution in [3.8, 4) is 18.1 Å². The molecule has 0 saturated heterocycles. The first kappa shape index (κ1) is 15.6. The summed E-state index contributed by atoms with van der Waals surface area (Å²) in [7, 11) is 0. The number of hydrogen-bond donors (Lipinski definition) is 0. The van der Waals surface area contributed by atoms with Crippen molar-refractivity contribution in [3.05, 3.63) is 28.8 Å². The molecule has 104 valence electrons. The van der Waals surface area contributed by atoms with E-state index in [1.807, 2.05) is 13.8 Å². The highest BCUT2D eigenvalue weighted by atomic mass is 16.5. The van der Waals surface area contributed by atoms with E-state index in [9.17, 15) is 0 Å². The van der Waals surface area contributed by atoms with Crippen molar-refractivity contribution in [2.75, 3.05) is 6.61 Å². The molecule has 0 aliphatic rings. The van der Waals surface area contributed by atoms with Crippen molar-refractivity contribution >= 4 is 0 Å². The highest BCUT2D eigenvalue weighted by molar-refractivity contribution is 5.49. The zero-order chi connectivity index (χ0) is 14.3. The molecule has 0 heterocycles. The second-order valence-electron chi connectivity index (χ2n) is 5.30. The van der Waals surface area contributed by atoms with E-state index in [0.29, 0.717) is 5.92 Å². The minimum Gasteiger partial charge on any atom is -0.493 e. The third-order valence-electron chi connectivity index (χ3n) is 3.68. The third-order valence-corrected chi connectivity index (χ3v) is 3.68. The second-order valence-corrected chi connectivity index (χ2v) is 5.30. The Labute approximate surface area is 118 Å². The molecule has 0 aliphatic heterocycles. The molecule has 1 atom stereocenters. The number of terminal acetylenes is 1. The Hall–Kier alpha value is -1.42. The maximum Gasteiger partial charge on any atom is 0.119 e. The van der Waals surface area contributed by atoms with Crippen molar-refractivity contribution in [3.63, 3.8) is 0 Å². The fraction of sp³-hybridized carbons (Fsp3) is 0.556. The molecule has 0 fully saturated rings. The van der Waals surface area contributed by atoms with Crippen LogP contribution in [0.5, 0.6) is 5.75 Å². The quantitative estimate of drug-likeness (QED) is 0.633. The lowest BCUT2D eigenvalue weighted by molar-refractivity contribution is 0.233. The number of benzene rings is 1. The van der Waals surface area contributed by atoms with Gasteiger partial charge >= 0.3 is 0 Å². The highest BCUT2D eigenvalue weighted by Crippen LogP contribution is 2.22. The highest BCUT2D eigenvalue weighted by Gasteiger charge is 2.08. The van der Waals surface area contributed by atoms with Crippen molar-refractivity contribution in [2.45, 2.75) is 53.4 Å². The van der Waals surface area contributed by atoms with Gasteiger partial charge in [-0.05, 0) is 49.4 Å². The Morgan fingerprint density at radius 2 is 1.84 bits per heavy atom. The maximum atomic E-state index is 5.95. The molecule has 0 spiro atoms. The predicted octanol–water partition coefficient (Wildman–Crippen LogP) is 4.88. The summed E-state index contributed by atoms with van der Waals surface area (Å²) in [5.41, 5.74) is 3.24. The van der Waals surface area contributed by atoms with Gasteiger partial charge in [0.25, 0.3) is 0 Å². The SMILES string of the molecule is C#Cc1c(C)cc(OCC(CC)CCCC)cc1C. The summed E-state index contributed by atoms with van der Waals surface area (Å²) in [6.45, 7) is 9.37. The largest absolute Gasteiger partial charge is 0.493 e. The molecule has 1 heteroatoms. The Balaban J connectivity index is 2.65. The monoisotopic (exact) mass is 258 g/mol. The van der Waals surface area contributed by atoms with Gasteiger partial charge in [-0.3, -0.25) is 0 Å². The molecule has 0 amide bonds. The van der Waals surface area contributed by atoms with E-state index in [2.05, 4.69) is 31.9 Å². The van der Waals surface area contributed by atoms with Gasteiger partial charge in [-0.2, -0.15) is 0 Å². The smallest absolute Gasteiger partial charge is 0.119 e. The van der Waals surface area contributed by atoms with E-state index in [0.717, 1.165) is 29.0 Å². The summed E-state index contributed by atoms with van der Waals surface area (Å²) in [6.07, 6.45) is 10.5. The maximum absolute atomic E-state index is 5.95. The van der Waals surface area contributed by atoms with Crippen LogP contribution in [0, 0.1) is 32.1 Å². The summed E-state index contributed by atoms with van der Waals surface area (Å²) in [6, 6.07) is 4.10. The van der Waals surface area contributed by atoms with Crippen molar-refractivity contribution in [1.82, 2.24) is 0 Å². The number of aryl methyl sites for hydroxylation is 2. The van der Waals surface area contributed by atoms with Crippen LogP contribution in [0.15, 0.2) is 12.1 Å². The lowest BCUT2D eigenvalue weighted by Gasteiger charge is -2.16. The Kier molecular flexibility index (Phi) is 6.50. The minimum absolute atomic E-state index is 0.660. The fourth-order valence-electron chi connectivity index (χ4n) is 2.35. The normalized spacial score (nSPS) is 11.9. The zero-order valence-electron chi connectivity index (χ0n) is 12.8. The van der Waals surface area contributed by atoms with E-state index in [1.165, 1.54) is 25.7 Å². The molecule has 1 aromatic carbocycles. The fourth-order valence-corrected chi connectivity index (χ4v) is 2.35. The molecular weight excluding hydrogens is 232 g/mol. The van der Waals surface area contributed by atoms with Crippen LogP contribution in [0.3, 0.4) is 0 Å². The van der Waals surface area contributed by atoms with Crippen molar-refractivity contribution < 1.29 is 4.74 Å². The summed E-state index contributed by atoms with van der Waals surface area (Å²) < 4.78 is 5.95. The number of unbranched alkanes of at least 4 members (excludes halogenated alkanes) is 1. The van der Waals surface area contributed by atoms with E-state index in [4.69, 9.17) is 11.2 Å². The number of rotatable bonds is 7. The standard InChI is InChI=1S/C18H26O/c1-6-9-10-16(7-2)13-19-17-11-14(4)18(8-3)15(5)12-17/h3,11-12,16H,6-7,9-10,13H2,1-2,4-5H3. The molecular formula is C18H26O. The molecule has 0 aromatic heterocycles. The molecule has 0 N–H and O–H groups in total. The van der Waals surface area contributed by atoms with Gasteiger partial charge in [-0.25, -0.2) is 0 Å². The Bertz CT molecular complexity index is 416. The molecule has 19 heavy (non-hydrogen) atoms. The van der Waals surface area contributed by atoms with Gasteiger partial charge in [-0.1, -0.05) is 39.0 Å². The molecule has 0 bridgehead atoms. The summed E-state index contributed by atoms with van der Waals surface area (Å²) in [4.78, 5) is 0. The van der Waals surface area contributed by atoms with Crippen LogP contribution in [0.25, 0.3) is 0 Å². The molecule has 1 aromatic rings. The minimum atomic E-state index is 0.660. The average Bonchev–Trinajstić information content (AvgIpc) is 2.38. The van der Waals surface area contributed by atoms with Crippen LogP contribution < -0.4 is 4.74 Å². The van der Waals surface area contributed by atoms with Crippen LogP contribution in [0.2, 0.25) is 0 Å². The Morgan fingerprint density at radius 3 is 2.32 bits per heavy atom. The van der Waals surface area contributed by atoms with Crippen LogP contribution in [-0.2, 0) is 0 Å². The summed E-state index contributed by atoms with van der Waals surface area (Å²) in [5, 5.41) is 0. The van der Waals surface area contributed by atoms with E-state index < -0.39 is 0 Å². The van der Waals surface area contributed by atoms with Crippen LogP contribution in [0.4, 0.5) is 0 Å². The van der Waals surface area contributed by atoms with Gasteiger partial charge < -0.3 is 4.74 Å². The summed E-state index contributed by atoms with van der Waals surface area (Å²) >= 11 is 0. The molecule has 1 nitrogen and oxygen atoms in total. The second kappa shape index (κ2) is 7.89. The Morgan fingerprint density at radius 1 is 1.21 bits per heavy atom. The first-order valence-electron chi connectivity index (χ1n) is 7.33. The zero-order valence-corrected chi connectivity index (χ0v) is 12.8. The molecule has 1 rings (SSSR count). The van der Waals surface area contributed by atoms with E-state index in [-0.39, 0.29) is 0 Å². The van der Waals surface area contributed by atoms with Gasteiger partial charge in [0.05, 0.1) is 6.61 Å². The molecule has 1 unspecified atom stereocenters. The number of ether oxygens (including phenoxy) is 1. The van der Waals surface area contributed by atoms with Gasteiger partial charge in [0.15, 0.2) is 0 Å². The van der Waals surface area contributed by atoms with Gasteiger partial charge in [0.1, 0.15) is 5.75 Å².